The molecule has 1 aliphatic heterocycles. The van der Waals surface area contributed by atoms with Crippen molar-refractivity contribution in [3.8, 4) is 0 Å². The Bertz CT molecular complexity index is 194. The van der Waals surface area contributed by atoms with Crippen molar-refractivity contribution >= 4 is 0 Å². The summed E-state index contributed by atoms with van der Waals surface area (Å²) in [6, 6.07) is 0. The highest BCUT2D eigenvalue weighted by Gasteiger charge is 2.40. The van der Waals surface area contributed by atoms with E-state index in [2.05, 4.69) is 5.32 Å². The summed E-state index contributed by atoms with van der Waals surface area (Å²) in [5.41, 5.74) is 0.0485. The zero-order chi connectivity index (χ0) is 10.7. The highest BCUT2D eigenvalue weighted by molar-refractivity contribution is 4.97. The van der Waals surface area contributed by atoms with Gasteiger partial charge in [-0.05, 0) is 12.8 Å². The number of nitrogens with zero attached hydrogens (tertiary/aromatic N) is 1. The first kappa shape index (κ1) is 11.3. The molecule has 1 spiro atoms. The molecule has 4 heteroatoms. The van der Waals surface area contributed by atoms with E-state index in [0.29, 0.717) is 0 Å². The maximum Gasteiger partial charge on any atom is 0.251 e. The number of alkyl halides is 2. The maximum atomic E-state index is 12.5. The van der Waals surface area contributed by atoms with Crippen LogP contribution in [0.2, 0.25) is 0 Å². The van der Waals surface area contributed by atoms with Crippen LogP contribution in [-0.2, 0) is 0 Å². The number of halogens is 2. The molecule has 0 aromatic heterocycles. The summed E-state index contributed by atoms with van der Waals surface area (Å²) >= 11 is 0. The van der Waals surface area contributed by atoms with Crippen LogP contribution >= 0.6 is 0 Å². The summed E-state index contributed by atoms with van der Waals surface area (Å²) in [4.78, 5) is 2.04. The van der Waals surface area contributed by atoms with Gasteiger partial charge in [0.2, 0.25) is 0 Å². The van der Waals surface area contributed by atoms with E-state index < -0.39 is 6.43 Å². The molecule has 88 valence electrons. The molecule has 0 aromatic carbocycles. The van der Waals surface area contributed by atoms with Gasteiger partial charge in [-0.3, -0.25) is 4.90 Å². The SMILES string of the molecule is FC(F)CN1CCNCC12CCCCC2. The molecule has 2 nitrogen and oxygen atoms in total. The van der Waals surface area contributed by atoms with Crippen molar-refractivity contribution in [3.63, 3.8) is 0 Å². The van der Waals surface area contributed by atoms with Crippen LogP contribution < -0.4 is 5.32 Å². The van der Waals surface area contributed by atoms with Gasteiger partial charge in [0.05, 0.1) is 6.54 Å². The number of nitrogens with one attached hydrogen (secondary N) is 1. The largest absolute Gasteiger partial charge is 0.314 e. The molecule has 1 N–H and O–H groups in total. The quantitative estimate of drug-likeness (QED) is 0.761. The Morgan fingerprint density at radius 1 is 1.20 bits per heavy atom. The average molecular weight is 218 g/mol. The van der Waals surface area contributed by atoms with E-state index in [9.17, 15) is 8.78 Å². The normalized spacial score (nSPS) is 27.4. The predicted molar refractivity (Wildman–Crippen MR) is 56.3 cm³/mol. The molecule has 0 unspecified atom stereocenters. The molecule has 0 aromatic rings. The number of piperazine rings is 1. The first-order valence-electron chi connectivity index (χ1n) is 5.97. The van der Waals surface area contributed by atoms with Crippen molar-refractivity contribution in [1.29, 1.82) is 0 Å². The molecule has 15 heavy (non-hydrogen) atoms. The summed E-state index contributed by atoms with van der Waals surface area (Å²) in [6.45, 7) is 2.50. The Morgan fingerprint density at radius 2 is 1.93 bits per heavy atom. The van der Waals surface area contributed by atoms with Gasteiger partial charge in [0.15, 0.2) is 0 Å². The van der Waals surface area contributed by atoms with Gasteiger partial charge in [-0.1, -0.05) is 19.3 Å². The molecule has 0 atom stereocenters. The second-order valence-corrected chi connectivity index (χ2v) is 4.80. The van der Waals surface area contributed by atoms with Crippen LogP contribution in [0.3, 0.4) is 0 Å². The third-order valence-corrected chi connectivity index (χ3v) is 3.83. The van der Waals surface area contributed by atoms with Crippen LogP contribution in [0, 0.1) is 0 Å². The van der Waals surface area contributed by atoms with Crippen molar-refractivity contribution in [2.75, 3.05) is 26.2 Å². The van der Waals surface area contributed by atoms with Crippen LogP contribution in [0.25, 0.3) is 0 Å². The first-order valence-corrected chi connectivity index (χ1v) is 5.97. The van der Waals surface area contributed by atoms with Crippen molar-refractivity contribution < 1.29 is 8.78 Å². The Kier molecular flexibility index (Phi) is 3.57. The maximum absolute atomic E-state index is 12.5. The summed E-state index contributed by atoms with van der Waals surface area (Å²) in [7, 11) is 0. The van der Waals surface area contributed by atoms with Gasteiger partial charge >= 0.3 is 0 Å². The van der Waals surface area contributed by atoms with Gasteiger partial charge in [-0.25, -0.2) is 8.78 Å². The highest BCUT2D eigenvalue weighted by atomic mass is 19.3. The van der Waals surface area contributed by atoms with Crippen molar-refractivity contribution in [3.05, 3.63) is 0 Å². The standard InChI is InChI=1S/C11H20F2N2/c12-10(13)8-15-7-6-14-9-11(15)4-2-1-3-5-11/h10,14H,1-9H2. The van der Waals surface area contributed by atoms with Crippen LogP contribution in [0.1, 0.15) is 32.1 Å². The van der Waals surface area contributed by atoms with Gasteiger partial charge in [-0.15, -0.1) is 0 Å². The summed E-state index contributed by atoms with van der Waals surface area (Å²) < 4.78 is 25.0. The minimum atomic E-state index is -2.19. The first-order chi connectivity index (χ1) is 7.23. The molecular weight excluding hydrogens is 198 g/mol. The second kappa shape index (κ2) is 4.74. The fraction of sp³-hybridized carbons (Fsp3) is 1.00. The minimum Gasteiger partial charge on any atom is -0.314 e. The fourth-order valence-corrected chi connectivity index (χ4v) is 3.04. The van der Waals surface area contributed by atoms with E-state index in [1.54, 1.807) is 0 Å². The molecule has 1 saturated heterocycles. The van der Waals surface area contributed by atoms with E-state index in [1.807, 2.05) is 4.90 Å². The van der Waals surface area contributed by atoms with E-state index in [1.165, 1.54) is 19.3 Å². The van der Waals surface area contributed by atoms with Crippen molar-refractivity contribution in [2.45, 2.75) is 44.1 Å². The zero-order valence-electron chi connectivity index (χ0n) is 9.14. The van der Waals surface area contributed by atoms with Crippen LogP contribution in [-0.4, -0.2) is 43.0 Å². The minimum absolute atomic E-state index is 0.0400. The van der Waals surface area contributed by atoms with Crippen LogP contribution in [0.4, 0.5) is 8.78 Å². The van der Waals surface area contributed by atoms with E-state index >= 15 is 0 Å². The molecule has 2 fully saturated rings. The number of hydrogen-bond donors (Lipinski definition) is 1. The lowest BCUT2D eigenvalue weighted by molar-refractivity contribution is -0.0164. The highest BCUT2D eigenvalue weighted by Crippen LogP contribution is 2.34. The van der Waals surface area contributed by atoms with Crippen LogP contribution in [0.15, 0.2) is 0 Å². The summed E-state index contributed by atoms with van der Waals surface area (Å²) in [5.74, 6) is 0. The number of rotatable bonds is 2. The topological polar surface area (TPSA) is 15.3 Å². The Hall–Kier alpha value is -0.220. The lowest BCUT2D eigenvalue weighted by Gasteiger charge is -2.49. The summed E-state index contributed by atoms with van der Waals surface area (Å²) in [6.07, 6.45) is 3.65. The number of hydrogen-bond acceptors (Lipinski definition) is 2. The van der Waals surface area contributed by atoms with Gasteiger partial charge in [0.1, 0.15) is 0 Å². The van der Waals surface area contributed by atoms with E-state index in [4.69, 9.17) is 0 Å². The Labute approximate surface area is 90.0 Å². The molecule has 0 amide bonds. The summed E-state index contributed by atoms with van der Waals surface area (Å²) in [5, 5.41) is 3.36. The zero-order valence-corrected chi connectivity index (χ0v) is 9.14. The molecule has 1 heterocycles. The molecule has 1 aliphatic carbocycles. The molecular formula is C11H20F2N2. The van der Waals surface area contributed by atoms with E-state index in [-0.39, 0.29) is 12.1 Å². The van der Waals surface area contributed by atoms with Gasteiger partial charge in [-0.2, -0.15) is 0 Å². The monoisotopic (exact) mass is 218 g/mol. The van der Waals surface area contributed by atoms with Gasteiger partial charge in [0, 0.05) is 25.2 Å². The van der Waals surface area contributed by atoms with E-state index in [0.717, 1.165) is 32.5 Å². The lowest BCUT2D eigenvalue weighted by Crippen LogP contribution is -2.62. The average Bonchev–Trinajstić information content (AvgIpc) is 2.23. The van der Waals surface area contributed by atoms with Crippen LogP contribution in [0.5, 0.6) is 0 Å². The molecule has 0 bridgehead atoms. The third-order valence-electron chi connectivity index (χ3n) is 3.83. The predicted octanol–water partition coefficient (Wildman–Crippen LogP) is 1.86. The second-order valence-electron chi connectivity index (χ2n) is 4.80. The van der Waals surface area contributed by atoms with Crippen molar-refractivity contribution in [1.82, 2.24) is 10.2 Å². The smallest absolute Gasteiger partial charge is 0.251 e. The Balaban J connectivity index is 2.03. The van der Waals surface area contributed by atoms with Gasteiger partial charge < -0.3 is 5.32 Å². The molecule has 2 aliphatic rings. The van der Waals surface area contributed by atoms with Gasteiger partial charge in [0.25, 0.3) is 6.43 Å². The molecule has 1 saturated carbocycles. The lowest BCUT2D eigenvalue weighted by atomic mass is 9.79. The third kappa shape index (κ3) is 2.48. The Morgan fingerprint density at radius 3 is 2.60 bits per heavy atom. The fourth-order valence-electron chi connectivity index (χ4n) is 3.04. The van der Waals surface area contributed by atoms with Crippen molar-refractivity contribution in [2.24, 2.45) is 0 Å². The molecule has 0 radical (unpaired) electrons. The molecule has 2 rings (SSSR count).